The molecule has 110 valence electrons. The number of aliphatic carboxylic acids is 1. The van der Waals surface area contributed by atoms with E-state index < -0.39 is 11.4 Å². The average Bonchev–Trinajstić information content (AvgIpc) is 2.46. The van der Waals surface area contributed by atoms with Gasteiger partial charge < -0.3 is 9.84 Å². The minimum atomic E-state index is -0.750. The van der Waals surface area contributed by atoms with Crippen LogP contribution < -0.4 is 4.74 Å². The first-order chi connectivity index (χ1) is 9.55. The summed E-state index contributed by atoms with van der Waals surface area (Å²) in [4.78, 5) is 11.9. The first-order valence-corrected chi connectivity index (χ1v) is 7.94. The zero-order valence-electron chi connectivity index (χ0n) is 12.0. The van der Waals surface area contributed by atoms with E-state index in [1.54, 1.807) is 7.11 Å². The van der Waals surface area contributed by atoms with Gasteiger partial charge in [-0.1, -0.05) is 42.1 Å². The van der Waals surface area contributed by atoms with Crippen LogP contribution in [-0.4, -0.2) is 18.2 Å². The molecule has 1 aromatic rings. The van der Waals surface area contributed by atoms with Crippen LogP contribution in [0.1, 0.15) is 50.2 Å². The maximum atomic E-state index is 11.9. The van der Waals surface area contributed by atoms with Crippen molar-refractivity contribution in [2.75, 3.05) is 7.11 Å². The number of ether oxygens (including phenoxy) is 1. The molecule has 1 saturated carbocycles. The van der Waals surface area contributed by atoms with Gasteiger partial charge >= 0.3 is 5.97 Å². The topological polar surface area (TPSA) is 46.5 Å². The molecule has 1 N–H and O–H groups in total. The summed E-state index contributed by atoms with van der Waals surface area (Å²) in [6.07, 6.45) is 5.35. The lowest BCUT2D eigenvalue weighted by Crippen LogP contribution is -2.37. The maximum Gasteiger partial charge on any atom is 0.314 e. The lowest BCUT2D eigenvalue weighted by atomic mass is 9.69. The van der Waals surface area contributed by atoms with Gasteiger partial charge in [-0.2, -0.15) is 0 Å². The molecule has 0 saturated heterocycles. The van der Waals surface area contributed by atoms with Gasteiger partial charge in [-0.05, 0) is 37.0 Å². The Morgan fingerprint density at radius 2 is 2.00 bits per heavy atom. The molecule has 0 aromatic heterocycles. The van der Waals surface area contributed by atoms with Crippen molar-refractivity contribution in [2.24, 2.45) is 0 Å². The Labute approximate surface area is 128 Å². The standard InChI is InChI=1S/C16H21BrO3/c1-3-12-13(17)9-11(10-14(12)20-2)16(15(18)19)7-5-4-6-8-16/h9-10H,3-8H2,1-2H3,(H,18,19). The third-order valence-electron chi connectivity index (χ3n) is 4.40. The van der Waals surface area contributed by atoms with Crippen LogP contribution in [0.25, 0.3) is 0 Å². The smallest absolute Gasteiger partial charge is 0.314 e. The number of benzene rings is 1. The Hall–Kier alpha value is -1.03. The summed E-state index contributed by atoms with van der Waals surface area (Å²) in [5.41, 5.74) is 1.21. The third-order valence-corrected chi connectivity index (χ3v) is 5.10. The van der Waals surface area contributed by atoms with Crippen molar-refractivity contribution < 1.29 is 14.6 Å². The van der Waals surface area contributed by atoms with Gasteiger partial charge in [-0.25, -0.2) is 0 Å². The number of methoxy groups -OCH3 is 1. The molecule has 3 nitrogen and oxygen atoms in total. The van der Waals surface area contributed by atoms with Crippen molar-refractivity contribution >= 4 is 21.9 Å². The predicted octanol–water partition coefficient (Wildman–Crippen LogP) is 4.31. The summed E-state index contributed by atoms with van der Waals surface area (Å²) in [5, 5.41) is 9.77. The molecule has 0 unspecified atom stereocenters. The van der Waals surface area contributed by atoms with Crippen molar-refractivity contribution in [1.82, 2.24) is 0 Å². The van der Waals surface area contributed by atoms with Crippen LogP contribution >= 0.6 is 15.9 Å². The van der Waals surface area contributed by atoms with E-state index in [-0.39, 0.29) is 0 Å². The van der Waals surface area contributed by atoms with E-state index in [0.29, 0.717) is 12.8 Å². The lowest BCUT2D eigenvalue weighted by Gasteiger charge is -2.34. The molecule has 0 aliphatic heterocycles. The van der Waals surface area contributed by atoms with Crippen molar-refractivity contribution in [3.05, 3.63) is 27.7 Å². The number of hydrogen-bond donors (Lipinski definition) is 1. The van der Waals surface area contributed by atoms with Crippen molar-refractivity contribution in [1.29, 1.82) is 0 Å². The van der Waals surface area contributed by atoms with E-state index in [0.717, 1.165) is 47.0 Å². The molecule has 1 aliphatic rings. The first-order valence-electron chi connectivity index (χ1n) is 7.15. The van der Waals surface area contributed by atoms with Gasteiger partial charge in [0.15, 0.2) is 0 Å². The molecule has 1 aromatic carbocycles. The Morgan fingerprint density at radius 1 is 1.35 bits per heavy atom. The number of hydrogen-bond acceptors (Lipinski definition) is 2. The summed E-state index contributed by atoms with van der Waals surface area (Å²) in [7, 11) is 1.64. The van der Waals surface area contributed by atoms with Gasteiger partial charge in [0, 0.05) is 10.0 Å². The van der Waals surface area contributed by atoms with Crippen molar-refractivity contribution in [2.45, 2.75) is 50.9 Å². The molecule has 1 fully saturated rings. The molecule has 0 heterocycles. The number of halogens is 1. The average molecular weight is 341 g/mol. The molecule has 0 amide bonds. The van der Waals surface area contributed by atoms with Gasteiger partial charge in [-0.3, -0.25) is 4.79 Å². The number of carboxylic acids is 1. The lowest BCUT2D eigenvalue weighted by molar-refractivity contribution is -0.145. The molecule has 4 heteroatoms. The van der Waals surface area contributed by atoms with Crippen LogP contribution in [-0.2, 0) is 16.6 Å². The van der Waals surface area contributed by atoms with Gasteiger partial charge in [-0.15, -0.1) is 0 Å². The fourth-order valence-electron chi connectivity index (χ4n) is 3.19. The molecule has 2 rings (SSSR count). The Balaban J connectivity index is 2.54. The third kappa shape index (κ3) is 2.58. The second kappa shape index (κ2) is 6.17. The highest BCUT2D eigenvalue weighted by atomic mass is 79.9. The number of carbonyl (C=O) groups is 1. The van der Waals surface area contributed by atoms with Crippen molar-refractivity contribution in [3.63, 3.8) is 0 Å². The molecule has 0 radical (unpaired) electrons. The monoisotopic (exact) mass is 340 g/mol. The Morgan fingerprint density at radius 3 is 2.50 bits per heavy atom. The Bertz CT molecular complexity index is 505. The van der Waals surface area contributed by atoms with Gasteiger partial charge in [0.1, 0.15) is 5.75 Å². The second-order valence-electron chi connectivity index (χ2n) is 5.44. The van der Waals surface area contributed by atoms with Gasteiger partial charge in [0.25, 0.3) is 0 Å². The summed E-state index contributed by atoms with van der Waals surface area (Å²) >= 11 is 3.57. The molecular weight excluding hydrogens is 320 g/mol. The largest absolute Gasteiger partial charge is 0.496 e. The normalized spacial score (nSPS) is 17.8. The fourth-order valence-corrected chi connectivity index (χ4v) is 3.92. The van der Waals surface area contributed by atoms with E-state index in [2.05, 4.69) is 22.9 Å². The van der Waals surface area contributed by atoms with Crippen molar-refractivity contribution in [3.8, 4) is 5.75 Å². The van der Waals surface area contributed by atoms with E-state index in [4.69, 9.17) is 4.74 Å². The van der Waals surface area contributed by atoms with Crippen LogP contribution in [0.4, 0.5) is 0 Å². The maximum absolute atomic E-state index is 11.9. The van der Waals surface area contributed by atoms with E-state index in [9.17, 15) is 9.90 Å². The van der Waals surface area contributed by atoms with Crippen LogP contribution in [0.15, 0.2) is 16.6 Å². The zero-order chi connectivity index (χ0) is 14.8. The summed E-state index contributed by atoms with van der Waals surface area (Å²) in [5.74, 6) is 0.0680. The summed E-state index contributed by atoms with van der Waals surface area (Å²) in [6.45, 7) is 2.07. The molecule has 1 aliphatic carbocycles. The fraction of sp³-hybridized carbons (Fsp3) is 0.562. The van der Waals surface area contributed by atoms with E-state index >= 15 is 0 Å². The molecule has 0 bridgehead atoms. The van der Waals surface area contributed by atoms with Crippen LogP contribution in [0.5, 0.6) is 5.75 Å². The van der Waals surface area contributed by atoms with E-state index in [1.807, 2.05) is 12.1 Å². The molecule has 0 atom stereocenters. The van der Waals surface area contributed by atoms with E-state index in [1.165, 1.54) is 0 Å². The van der Waals surface area contributed by atoms with Gasteiger partial charge in [0.05, 0.1) is 12.5 Å². The van der Waals surface area contributed by atoms with Crippen LogP contribution in [0.2, 0.25) is 0 Å². The minimum Gasteiger partial charge on any atom is -0.496 e. The number of carboxylic acid groups (broad SMARTS) is 1. The molecule has 20 heavy (non-hydrogen) atoms. The minimum absolute atomic E-state index is 0.712. The first kappa shape index (κ1) is 15.4. The summed E-state index contributed by atoms with van der Waals surface area (Å²) < 4.78 is 6.40. The molecule has 0 spiro atoms. The van der Waals surface area contributed by atoms with Crippen LogP contribution in [0, 0.1) is 0 Å². The quantitative estimate of drug-likeness (QED) is 0.888. The van der Waals surface area contributed by atoms with Gasteiger partial charge in [0.2, 0.25) is 0 Å². The highest BCUT2D eigenvalue weighted by Gasteiger charge is 2.41. The molecular formula is C16H21BrO3. The predicted molar refractivity (Wildman–Crippen MR) is 82.5 cm³/mol. The SMILES string of the molecule is CCc1c(Br)cc(C2(C(=O)O)CCCCC2)cc1OC. The Kier molecular flexibility index (Phi) is 4.74. The zero-order valence-corrected chi connectivity index (χ0v) is 13.6. The second-order valence-corrected chi connectivity index (χ2v) is 6.29. The summed E-state index contributed by atoms with van der Waals surface area (Å²) in [6, 6.07) is 3.89. The highest BCUT2D eigenvalue weighted by molar-refractivity contribution is 9.10. The highest BCUT2D eigenvalue weighted by Crippen LogP contribution is 2.43. The number of rotatable bonds is 4. The van der Waals surface area contributed by atoms with Crippen LogP contribution in [0.3, 0.4) is 0 Å².